The maximum atomic E-state index is 5.50. The monoisotopic (exact) mass is 185 g/mol. The Kier molecular flexibility index (Phi) is 9.10. The average Bonchev–Trinajstić information content (AvgIpc) is 1.77. The summed E-state index contributed by atoms with van der Waals surface area (Å²) in [6, 6.07) is 3.70. The molecule has 1 rings (SSSR count). The molecule has 0 aliphatic carbocycles. The first-order valence-corrected chi connectivity index (χ1v) is 2.75. The van der Waals surface area contributed by atoms with Gasteiger partial charge in [0, 0.05) is 6.20 Å². The van der Waals surface area contributed by atoms with Crippen LogP contribution in [0, 0.1) is 6.92 Å². The first-order valence-electron chi connectivity index (χ1n) is 2.37. The molecule has 0 saturated heterocycles. The number of hydrogen-bond acceptors (Lipinski definition) is 1. The number of aromatic nitrogens is 1. The number of aryl methyl sites for hydroxylation is 1. The van der Waals surface area contributed by atoms with E-state index in [0.717, 1.165) is 5.56 Å². The second kappa shape index (κ2) is 6.70. The van der Waals surface area contributed by atoms with Gasteiger partial charge < -0.3 is 4.70 Å². The van der Waals surface area contributed by atoms with Crippen molar-refractivity contribution in [2.45, 2.75) is 6.92 Å². The molecule has 0 unspecified atom stereocenters. The van der Waals surface area contributed by atoms with Crippen molar-refractivity contribution in [1.82, 2.24) is 4.98 Å². The van der Waals surface area contributed by atoms with Crippen molar-refractivity contribution in [1.29, 1.82) is 0 Å². The van der Waals surface area contributed by atoms with Gasteiger partial charge in [-0.2, -0.15) is 0 Å². The van der Waals surface area contributed by atoms with Crippen LogP contribution in [0.3, 0.4) is 0 Å². The van der Waals surface area contributed by atoms with Gasteiger partial charge in [0.05, 0.1) is 0 Å². The number of pyridine rings is 1. The predicted molar refractivity (Wildman–Crippen MR) is 34.0 cm³/mol. The minimum Gasteiger partial charge on any atom is -1.00 e. The van der Waals surface area contributed by atoms with Gasteiger partial charge in [0.1, 0.15) is 5.15 Å². The molecule has 0 aromatic carbocycles. The molecule has 0 atom stereocenters. The zero-order valence-corrected chi connectivity index (χ0v) is 9.81. The summed E-state index contributed by atoms with van der Waals surface area (Å²) in [4.78, 5) is 3.84. The average molecular weight is 186 g/mol. The summed E-state index contributed by atoms with van der Waals surface area (Å²) in [7, 11) is 0. The van der Waals surface area contributed by atoms with Crippen LogP contribution in [0.25, 0.3) is 0 Å². The maximum absolute atomic E-state index is 5.50. The molecule has 1 nitrogen and oxygen atoms in total. The maximum Gasteiger partial charge on any atom is 1.00 e. The van der Waals surface area contributed by atoms with E-state index in [9.17, 15) is 0 Å². The quantitative estimate of drug-likeness (QED) is 0.297. The zero-order valence-electron chi connectivity index (χ0n) is 5.94. The van der Waals surface area contributed by atoms with E-state index in [4.69, 9.17) is 11.6 Å². The van der Waals surface area contributed by atoms with Gasteiger partial charge in [0.25, 0.3) is 0 Å². The molecule has 10 heavy (non-hydrogen) atoms. The van der Waals surface area contributed by atoms with E-state index in [1.54, 1.807) is 12.3 Å². The molecule has 50 valence electrons. The second-order valence-corrected chi connectivity index (χ2v) is 2.05. The van der Waals surface area contributed by atoms with E-state index >= 15 is 0 Å². The molecule has 1 heterocycles. The van der Waals surface area contributed by atoms with Gasteiger partial charge in [-0.1, -0.05) is 17.7 Å². The van der Waals surface area contributed by atoms with Gasteiger partial charge in [0.15, 0.2) is 0 Å². The first kappa shape index (κ1) is 13.6. The second-order valence-electron chi connectivity index (χ2n) is 1.66. The van der Waals surface area contributed by atoms with Crippen LogP contribution >= 0.6 is 11.6 Å². The smallest absolute Gasteiger partial charge is 1.00 e. The Balaban J connectivity index is 0. The van der Waals surface area contributed by atoms with Gasteiger partial charge in [0.2, 0.25) is 0 Å². The van der Waals surface area contributed by atoms with Crippen LogP contribution in [0.5, 0.6) is 0 Å². The topological polar surface area (TPSA) is 12.9 Å². The fourth-order valence-corrected chi connectivity index (χ4v) is 0.562. The SMILES string of the molecule is Cc1ccc(Cl)nc1.[F-].[K+]. The van der Waals surface area contributed by atoms with Crippen LogP contribution in [0.2, 0.25) is 5.15 Å². The van der Waals surface area contributed by atoms with E-state index in [-0.39, 0.29) is 56.1 Å². The molecule has 0 amide bonds. The third-order valence-corrected chi connectivity index (χ3v) is 1.10. The normalized spacial score (nSPS) is 7.40. The molecule has 0 radical (unpaired) electrons. The summed E-state index contributed by atoms with van der Waals surface area (Å²) in [5.74, 6) is 0. The standard InChI is InChI=1S/C6H6ClN.FH.K/c1-5-2-3-6(7)8-4-5;;/h2-4H,1H3;1H;/q;;+1/p-1. The molecule has 0 spiro atoms. The fourth-order valence-electron chi connectivity index (χ4n) is 0.450. The summed E-state index contributed by atoms with van der Waals surface area (Å²) in [6.45, 7) is 1.98. The van der Waals surface area contributed by atoms with Crippen LogP contribution in [0.15, 0.2) is 18.3 Å². The number of hydrogen-bond donors (Lipinski definition) is 0. The minimum absolute atomic E-state index is 0. The molecule has 0 aliphatic rings. The largest absolute Gasteiger partial charge is 1.00 e. The molecule has 4 heteroatoms. The van der Waals surface area contributed by atoms with Crippen molar-refractivity contribution in [2.75, 3.05) is 0 Å². The molecule has 0 N–H and O–H groups in total. The van der Waals surface area contributed by atoms with Crippen LogP contribution in [-0.4, -0.2) is 4.98 Å². The van der Waals surface area contributed by atoms with Gasteiger partial charge in [-0.3, -0.25) is 0 Å². The molecule has 0 aliphatic heterocycles. The van der Waals surface area contributed by atoms with Crippen LogP contribution < -0.4 is 56.1 Å². The van der Waals surface area contributed by atoms with E-state index in [1.807, 2.05) is 13.0 Å². The summed E-state index contributed by atoms with van der Waals surface area (Å²) in [6.07, 6.45) is 1.74. The van der Waals surface area contributed by atoms with Crippen molar-refractivity contribution in [2.24, 2.45) is 0 Å². The van der Waals surface area contributed by atoms with Crippen molar-refractivity contribution in [3.8, 4) is 0 Å². The van der Waals surface area contributed by atoms with Gasteiger partial charge in [-0.25, -0.2) is 4.98 Å². The van der Waals surface area contributed by atoms with E-state index in [2.05, 4.69) is 4.98 Å². The molecular weight excluding hydrogens is 180 g/mol. The van der Waals surface area contributed by atoms with E-state index < -0.39 is 0 Å². The Morgan fingerprint density at radius 1 is 1.40 bits per heavy atom. The van der Waals surface area contributed by atoms with Crippen molar-refractivity contribution >= 4 is 11.6 Å². The molecule has 0 fully saturated rings. The summed E-state index contributed by atoms with van der Waals surface area (Å²) >= 11 is 5.50. The molecule has 0 saturated carbocycles. The first-order chi connectivity index (χ1) is 3.79. The fraction of sp³-hybridized carbons (Fsp3) is 0.167. The van der Waals surface area contributed by atoms with E-state index in [0.29, 0.717) is 5.15 Å². The Hall–Kier alpha value is 1.01. The Morgan fingerprint density at radius 2 is 2.00 bits per heavy atom. The summed E-state index contributed by atoms with van der Waals surface area (Å²) in [5, 5.41) is 0.551. The van der Waals surface area contributed by atoms with Crippen LogP contribution in [0.1, 0.15) is 5.56 Å². The van der Waals surface area contributed by atoms with Gasteiger partial charge in [-0.15, -0.1) is 0 Å². The third kappa shape index (κ3) is 4.77. The molecule has 1 aromatic heterocycles. The Labute approximate surface area is 107 Å². The Bertz CT molecular complexity index is 157. The Morgan fingerprint density at radius 3 is 2.30 bits per heavy atom. The number of nitrogens with zero attached hydrogens (tertiary/aromatic N) is 1. The summed E-state index contributed by atoms with van der Waals surface area (Å²) in [5.41, 5.74) is 1.13. The van der Waals surface area contributed by atoms with Crippen molar-refractivity contribution in [3.63, 3.8) is 0 Å². The number of rotatable bonds is 0. The predicted octanol–water partition coefficient (Wildman–Crippen LogP) is -3.95. The van der Waals surface area contributed by atoms with Crippen molar-refractivity contribution in [3.05, 3.63) is 29.0 Å². The zero-order chi connectivity index (χ0) is 5.98. The third-order valence-electron chi connectivity index (χ3n) is 0.875. The molecule has 0 bridgehead atoms. The van der Waals surface area contributed by atoms with Crippen LogP contribution in [-0.2, 0) is 0 Å². The van der Waals surface area contributed by atoms with Crippen molar-refractivity contribution < 1.29 is 56.1 Å². The van der Waals surface area contributed by atoms with Crippen LogP contribution in [0.4, 0.5) is 0 Å². The molecule has 1 aromatic rings. The van der Waals surface area contributed by atoms with Gasteiger partial charge in [-0.05, 0) is 18.6 Å². The van der Waals surface area contributed by atoms with Gasteiger partial charge >= 0.3 is 51.4 Å². The summed E-state index contributed by atoms with van der Waals surface area (Å²) < 4.78 is 0. The van der Waals surface area contributed by atoms with E-state index in [1.165, 1.54) is 0 Å². The number of halogens is 2. The molecular formula is C6H6ClFKN. The minimum atomic E-state index is 0.